The van der Waals surface area contributed by atoms with Gasteiger partial charge in [-0.25, -0.2) is 0 Å². The van der Waals surface area contributed by atoms with Crippen LogP contribution in [0.5, 0.6) is 5.75 Å². The summed E-state index contributed by atoms with van der Waals surface area (Å²) in [5.41, 5.74) is 8.85. The lowest BCUT2D eigenvalue weighted by atomic mass is 9.88. The zero-order valence-corrected chi connectivity index (χ0v) is 11.6. The van der Waals surface area contributed by atoms with Crippen molar-refractivity contribution >= 4 is 0 Å². The summed E-state index contributed by atoms with van der Waals surface area (Å²) in [6.07, 6.45) is 5.83. The van der Waals surface area contributed by atoms with Crippen LogP contribution in [0.1, 0.15) is 56.7 Å². The number of benzene rings is 1. The molecule has 1 aromatic rings. The van der Waals surface area contributed by atoms with E-state index in [0.29, 0.717) is 0 Å². The Kier molecular flexibility index (Phi) is 4.65. The van der Waals surface area contributed by atoms with Gasteiger partial charge in [0.15, 0.2) is 0 Å². The van der Waals surface area contributed by atoms with Gasteiger partial charge in [0.1, 0.15) is 5.75 Å². The summed E-state index contributed by atoms with van der Waals surface area (Å²) in [5, 5.41) is 0. The Balaban J connectivity index is 1.92. The minimum atomic E-state index is 0.202. The standard InChI is InChI=1S/C16H25NO/c1-12(2)5-4-10-18-14-9-8-13-6-3-7-16(17)15(13)11-14/h8-9,11-12,16H,3-7,10,17H2,1-2H3/t16-/m1/s1. The van der Waals surface area contributed by atoms with Gasteiger partial charge in [-0.3, -0.25) is 0 Å². The van der Waals surface area contributed by atoms with E-state index in [4.69, 9.17) is 10.5 Å². The van der Waals surface area contributed by atoms with Crippen LogP contribution in [0.15, 0.2) is 18.2 Å². The number of aryl methyl sites for hydroxylation is 1. The van der Waals surface area contributed by atoms with Gasteiger partial charge in [0.05, 0.1) is 6.61 Å². The summed E-state index contributed by atoms with van der Waals surface area (Å²) in [5.74, 6) is 1.74. The van der Waals surface area contributed by atoms with Crippen molar-refractivity contribution in [1.29, 1.82) is 0 Å². The highest BCUT2D eigenvalue weighted by Crippen LogP contribution is 2.30. The molecule has 2 N–H and O–H groups in total. The average molecular weight is 247 g/mol. The van der Waals surface area contributed by atoms with Gasteiger partial charge in [-0.05, 0) is 61.3 Å². The molecular formula is C16H25NO. The normalized spacial score (nSPS) is 18.8. The fraction of sp³-hybridized carbons (Fsp3) is 0.625. The maximum absolute atomic E-state index is 6.15. The molecule has 0 radical (unpaired) electrons. The highest BCUT2D eigenvalue weighted by Gasteiger charge is 2.17. The maximum atomic E-state index is 6.15. The fourth-order valence-electron chi connectivity index (χ4n) is 2.59. The summed E-state index contributed by atoms with van der Waals surface area (Å²) in [4.78, 5) is 0. The van der Waals surface area contributed by atoms with E-state index in [1.165, 1.54) is 24.0 Å². The Morgan fingerprint density at radius 3 is 3.00 bits per heavy atom. The molecule has 2 heteroatoms. The summed E-state index contributed by atoms with van der Waals surface area (Å²) in [6, 6.07) is 6.63. The van der Waals surface area contributed by atoms with Gasteiger partial charge in [-0.2, -0.15) is 0 Å². The predicted molar refractivity (Wildman–Crippen MR) is 75.9 cm³/mol. The van der Waals surface area contributed by atoms with E-state index >= 15 is 0 Å². The van der Waals surface area contributed by atoms with Crippen molar-refractivity contribution in [2.24, 2.45) is 11.7 Å². The van der Waals surface area contributed by atoms with Crippen LogP contribution < -0.4 is 10.5 Å². The Morgan fingerprint density at radius 2 is 2.22 bits per heavy atom. The van der Waals surface area contributed by atoms with Crippen molar-refractivity contribution in [3.05, 3.63) is 29.3 Å². The second-order valence-corrected chi connectivity index (χ2v) is 5.74. The Labute approximate surface area is 111 Å². The lowest BCUT2D eigenvalue weighted by Crippen LogP contribution is -2.17. The van der Waals surface area contributed by atoms with Gasteiger partial charge in [0.25, 0.3) is 0 Å². The second kappa shape index (κ2) is 6.24. The number of ether oxygens (including phenoxy) is 1. The van der Waals surface area contributed by atoms with Gasteiger partial charge in [-0.15, -0.1) is 0 Å². The molecule has 1 aliphatic carbocycles. The van der Waals surface area contributed by atoms with Crippen molar-refractivity contribution < 1.29 is 4.74 Å². The Morgan fingerprint density at radius 1 is 1.39 bits per heavy atom. The Hall–Kier alpha value is -1.02. The second-order valence-electron chi connectivity index (χ2n) is 5.74. The molecule has 2 rings (SSSR count). The van der Waals surface area contributed by atoms with Gasteiger partial charge >= 0.3 is 0 Å². The van der Waals surface area contributed by atoms with E-state index in [0.717, 1.165) is 37.5 Å². The van der Waals surface area contributed by atoms with Crippen molar-refractivity contribution in [3.63, 3.8) is 0 Å². The van der Waals surface area contributed by atoms with Gasteiger partial charge in [0, 0.05) is 6.04 Å². The molecular weight excluding hydrogens is 222 g/mol. The lowest BCUT2D eigenvalue weighted by molar-refractivity contribution is 0.297. The largest absolute Gasteiger partial charge is 0.494 e. The van der Waals surface area contributed by atoms with Crippen LogP contribution in [0.4, 0.5) is 0 Å². The van der Waals surface area contributed by atoms with E-state index in [-0.39, 0.29) is 6.04 Å². The molecule has 0 aromatic heterocycles. The molecule has 0 saturated carbocycles. The molecule has 0 bridgehead atoms. The molecule has 18 heavy (non-hydrogen) atoms. The van der Waals surface area contributed by atoms with Crippen LogP contribution in [0.25, 0.3) is 0 Å². The molecule has 0 fully saturated rings. The van der Waals surface area contributed by atoms with Crippen molar-refractivity contribution in [2.75, 3.05) is 6.61 Å². The van der Waals surface area contributed by atoms with Gasteiger partial charge in [-0.1, -0.05) is 19.9 Å². The topological polar surface area (TPSA) is 35.2 Å². The van der Waals surface area contributed by atoms with Crippen LogP contribution >= 0.6 is 0 Å². The molecule has 0 amide bonds. The van der Waals surface area contributed by atoms with E-state index < -0.39 is 0 Å². The molecule has 2 nitrogen and oxygen atoms in total. The minimum absolute atomic E-state index is 0.202. The molecule has 1 aromatic carbocycles. The first-order valence-electron chi connectivity index (χ1n) is 7.18. The molecule has 1 atom stereocenters. The van der Waals surface area contributed by atoms with E-state index in [1.807, 2.05) is 0 Å². The predicted octanol–water partition coefficient (Wildman–Crippen LogP) is 3.84. The van der Waals surface area contributed by atoms with Gasteiger partial charge in [0.2, 0.25) is 0 Å². The highest BCUT2D eigenvalue weighted by molar-refractivity contribution is 5.39. The average Bonchev–Trinajstić information content (AvgIpc) is 2.35. The molecule has 0 heterocycles. The highest BCUT2D eigenvalue weighted by atomic mass is 16.5. The molecule has 1 aliphatic rings. The third-order valence-electron chi connectivity index (χ3n) is 3.67. The van der Waals surface area contributed by atoms with Crippen LogP contribution in [-0.2, 0) is 6.42 Å². The molecule has 0 spiro atoms. The first kappa shape index (κ1) is 13.4. The van der Waals surface area contributed by atoms with Crippen LogP contribution in [0.2, 0.25) is 0 Å². The van der Waals surface area contributed by atoms with Crippen molar-refractivity contribution in [2.45, 2.75) is 52.0 Å². The summed E-state index contributed by atoms with van der Waals surface area (Å²) in [6.45, 7) is 5.31. The van der Waals surface area contributed by atoms with Crippen LogP contribution in [0, 0.1) is 5.92 Å². The molecule has 0 unspecified atom stereocenters. The quantitative estimate of drug-likeness (QED) is 0.802. The SMILES string of the molecule is CC(C)CCCOc1ccc2c(c1)[C@H](N)CCC2. The minimum Gasteiger partial charge on any atom is -0.494 e. The summed E-state index contributed by atoms with van der Waals surface area (Å²) >= 11 is 0. The zero-order valence-electron chi connectivity index (χ0n) is 11.6. The zero-order chi connectivity index (χ0) is 13.0. The third kappa shape index (κ3) is 3.49. The molecule has 0 aliphatic heterocycles. The van der Waals surface area contributed by atoms with Gasteiger partial charge < -0.3 is 10.5 Å². The fourth-order valence-corrected chi connectivity index (χ4v) is 2.59. The number of hydrogen-bond donors (Lipinski definition) is 1. The maximum Gasteiger partial charge on any atom is 0.119 e. The summed E-state index contributed by atoms with van der Waals surface area (Å²) in [7, 11) is 0. The number of fused-ring (bicyclic) bond motifs is 1. The van der Waals surface area contributed by atoms with E-state index in [9.17, 15) is 0 Å². The first-order chi connectivity index (χ1) is 8.66. The van der Waals surface area contributed by atoms with Crippen LogP contribution in [-0.4, -0.2) is 6.61 Å². The third-order valence-corrected chi connectivity index (χ3v) is 3.67. The Bertz CT molecular complexity index is 387. The number of nitrogens with two attached hydrogens (primary N) is 1. The first-order valence-corrected chi connectivity index (χ1v) is 7.18. The smallest absolute Gasteiger partial charge is 0.119 e. The van der Waals surface area contributed by atoms with E-state index in [1.54, 1.807) is 0 Å². The van der Waals surface area contributed by atoms with Crippen LogP contribution in [0.3, 0.4) is 0 Å². The summed E-state index contributed by atoms with van der Waals surface area (Å²) < 4.78 is 5.82. The van der Waals surface area contributed by atoms with Crippen molar-refractivity contribution in [3.8, 4) is 5.75 Å². The molecule has 100 valence electrons. The van der Waals surface area contributed by atoms with Crippen molar-refractivity contribution in [1.82, 2.24) is 0 Å². The lowest BCUT2D eigenvalue weighted by Gasteiger charge is -2.22. The number of hydrogen-bond acceptors (Lipinski definition) is 2. The molecule has 0 saturated heterocycles. The monoisotopic (exact) mass is 247 g/mol. The van der Waals surface area contributed by atoms with E-state index in [2.05, 4.69) is 32.0 Å². The number of rotatable bonds is 5.